The minimum Gasteiger partial charge on any atom is -0.326 e. The van der Waals surface area contributed by atoms with Gasteiger partial charge in [0.2, 0.25) is 5.91 Å². The van der Waals surface area contributed by atoms with Gasteiger partial charge in [0.05, 0.1) is 0 Å². The van der Waals surface area contributed by atoms with E-state index in [1.165, 1.54) is 12.5 Å². The zero-order valence-electron chi connectivity index (χ0n) is 9.09. The number of anilines is 1. The lowest BCUT2D eigenvalue weighted by molar-refractivity contribution is -0.114. The molecule has 1 rings (SSSR count). The molecule has 0 aliphatic heterocycles. The van der Waals surface area contributed by atoms with Crippen molar-refractivity contribution in [1.82, 2.24) is 0 Å². The molecule has 0 heterocycles. The summed E-state index contributed by atoms with van der Waals surface area (Å²) in [5.74, 6) is -0.0443. The molecule has 1 unspecified atom stereocenters. The average molecular weight is 226 g/mol. The number of carbonyl (C=O) groups excluding carboxylic acids is 1. The molecule has 1 amide bonds. The van der Waals surface area contributed by atoms with Crippen LogP contribution in [0.25, 0.3) is 0 Å². The molecule has 3 heteroatoms. The maximum absolute atomic E-state index is 10.8. The molecule has 0 saturated heterocycles. The average Bonchev–Trinajstić information content (AvgIpc) is 2.16. The van der Waals surface area contributed by atoms with E-state index >= 15 is 0 Å². The summed E-state index contributed by atoms with van der Waals surface area (Å²) in [6, 6.07) is 7.86. The van der Waals surface area contributed by atoms with Crippen LogP contribution in [-0.4, -0.2) is 11.3 Å². The highest BCUT2D eigenvalue weighted by Gasteiger charge is 1.99. The van der Waals surface area contributed by atoms with Gasteiger partial charge in [0, 0.05) is 18.0 Å². The van der Waals surface area contributed by atoms with E-state index in [-0.39, 0.29) is 11.3 Å². The minimum atomic E-state index is -0.0443. The fraction of sp³-hybridized carbons (Fsp3) is 0.417. The summed E-state index contributed by atoms with van der Waals surface area (Å²) in [5.41, 5.74) is 2.08. The van der Waals surface area contributed by atoms with Crippen molar-refractivity contribution >= 4 is 23.2 Å². The van der Waals surface area contributed by atoms with E-state index in [1.54, 1.807) is 0 Å². The minimum absolute atomic E-state index is 0.0443. The summed E-state index contributed by atoms with van der Waals surface area (Å²) in [5, 5.41) is 2.94. The summed E-state index contributed by atoms with van der Waals surface area (Å²) in [6.07, 6.45) is 1.95. The van der Waals surface area contributed by atoms with Crippen molar-refractivity contribution in [2.75, 3.05) is 5.32 Å². The highest BCUT2D eigenvalue weighted by atomic mass is 35.5. The van der Waals surface area contributed by atoms with Crippen molar-refractivity contribution in [2.24, 2.45) is 0 Å². The molecule has 0 radical (unpaired) electrons. The van der Waals surface area contributed by atoms with Crippen LogP contribution < -0.4 is 5.32 Å². The van der Waals surface area contributed by atoms with Gasteiger partial charge in [-0.3, -0.25) is 4.79 Å². The molecule has 0 saturated carbocycles. The molecule has 0 bridgehead atoms. The van der Waals surface area contributed by atoms with Crippen LogP contribution >= 0.6 is 11.6 Å². The lowest BCUT2D eigenvalue weighted by atomic mass is 10.1. The largest absolute Gasteiger partial charge is 0.326 e. The highest BCUT2D eigenvalue weighted by molar-refractivity contribution is 6.20. The van der Waals surface area contributed by atoms with Gasteiger partial charge >= 0.3 is 0 Å². The molecule has 82 valence electrons. The predicted octanol–water partition coefficient (Wildman–Crippen LogP) is 3.20. The predicted molar refractivity (Wildman–Crippen MR) is 64.4 cm³/mol. The van der Waals surface area contributed by atoms with Crippen molar-refractivity contribution in [2.45, 2.75) is 32.1 Å². The first-order valence-electron chi connectivity index (χ1n) is 5.08. The first kappa shape index (κ1) is 12.1. The van der Waals surface area contributed by atoms with Crippen molar-refractivity contribution < 1.29 is 4.79 Å². The van der Waals surface area contributed by atoms with Crippen LogP contribution in [-0.2, 0) is 11.2 Å². The molecule has 0 fully saturated rings. The Kier molecular flexibility index (Phi) is 4.63. The number of aryl methyl sites for hydroxylation is 1. The molecule has 0 aromatic heterocycles. The first-order valence-corrected chi connectivity index (χ1v) is 5.52. The van der Waals surface area contributed by atoms with Gasteiger partial charge < -0.3 is 5.32 Å². The zero-order chi connectivity index (χ0) is 11.3. The number of rotatable bonds is 4. The van der Waals surface area contributed by atoms with E-state index in [2.05, 4.69) is 5.32 Å². The summed E-state index contributed by atoms with van der Waals surface area (Å²) in [4.78, 5) is 10.8. The Hall–Kier alpha value is -1.02. The van der Waals surface area contributed by atoms with Gasteiger partial charge in [-0.1, -0.05) is 12.1 Å². The topological polar surface area (TPSA) is 29.1 Å². The Morgan fingerprint density at radius 3 is 2.47 bits per heavy atom. The van der Waals surface area contributed by atoms with E-state index in [0.717, 1.165) is 18.5 Å². The Bertz CT molecular complexity index is 319. The quantitative estimate of drug-likeness (QED) is 0.784. The number of alkyl halides is 1. The molecule has 1 atom stereocenters. The Balaban J connectivity index is 2.52. The maximum atomic E-state index is 10.8. The number of halogens is 1. The zero-order valence-corrected chi connectivity index (χ0v) is 9.84. The summed E-state index contributed by atoms with van der Waals surface area (Å²) in [7, 11) is 0. The SMILES string of the molecule is CC(=O)Nc1ccc(CCC(C)Cl)cc1. The normalized spacial score (nSPS) is 12.2. The highest BCUT2D eigenvalue weighted by Crippen LogP contribution is 2.13. The molecule has 1 aromatic rings. The monoisotopic (exact) mass is 225 g/mol. The number of benzene rings is 1. The van der Waals surface area contributed by atoms with E-state index in [4.69, 9.17) is 11.6 Å². The van der Waals surface area contributed by atoms with E-state index in [1.807, 2.05) is 31.2 Å². The van der Waals surface area contributed by atoms with Gasteiger partial charge in [0.25, 0.3) is 0 Å². The van der Waals surface area contributed by atoms with Crippen molar-refractivity contribution in [3.8, 4) is 0 Å². The smallest absolute Gasteiger partial charge is 0.221 e. The fourth-order valence-electron chi connectivity index (χ4n) is 1.32. The molecule has 15 heavy (non-hydrogen) atoms. The van der Waals surface area contributed by atoms with Crippen LogP contribution in [0.5, 0.6) is 0 Å². The van der Waals surface area contributed by atoms with Gasteiger partial charge in [-0.15, -0.1) is 11.6 Å². The summed E-state index contributed by atoms with van der Waals surface area (Å²) < 4.78 is 0. The second-order valence-electron chi connectivity index (χ2n) is 3.70. The Morgan fingerprint density at radius 2 is 2.00 bits per heavy atom. The molecular formula is C12H16ClNO. The third kappa shape index (κ3) is 4.84. The fourth-order valence-corrected chi connectivity index (χ4v) is 1.43. The van der Waals surface area contributed by atoms with Gasteiger partial charge in [0.1, 0.15) is 0 Å². The third-order valence-corrected chi connectivity index (χ3v) is 2.32. The lowest BCUT2D eigenvalue weighted by Crippen LogP contribution is -2.05. The van der Waals surface area contributed by atoms with Gasteiger partial charge in [-0.25, -0.2) is 0 Å². The summed E-state index contributed by atoms with van der Waals surface area (Å²) in [6.45, 7) is 3.50. The molecule has 0 aliphatic rings. The number of nitrogens with one attached hydrogen (secondary N) is 1. The Labute approximate surface area is 95.6 Å². The number of amides is 1. The van der Waals surface area contributed by atoms with Gasteiger partial charge in [-0.05, 0) is 37.5 Å². The van der Waals surface area contributed by atoms with Crippen molar-refractivity contribution in [3.63, 3.8) is 0 Å². The molecule has 0 spiro atoms. The third-order valence-electron chi connectivity index (χ3n) is 2.11. The molecule has 1 aromatic carbocycles. The van der Waals surface area contributed by atoms with E-state index in [0.29, 0.717) is 0 Å². The van der Waals surface area contributed by atoms with Crippen LogP contribution in [0.4, 0.5) is 5.69 Å². The second-order valence-corrected chi connectivity index (χ2v) is 4.44. The molecule has 0 aliphatic carbocycles. The van der Waals surface area contributed by atoms with Crippen LogP contribution in [0.3, 0.4) is 0 Å². The number of carbonyl (C=O) groups is 1. The molecule has 2 nitrogen and oxygen atoms in total. The van der Waals surface area contributed by atoms with Crippen LogP contribution in [0, 0.1) is 0 Å². The first-order chi connectivity index (χ1) is 7.08. The Morgan fingerprint density at radius 1 is 1.40 bits per heavy atom. The molecular weight excluding hydrogens is 210 g/mol. The van der Waals surface area contributed by atoms with Crippen LogP contribution in [0.2, 0.25) is 0 Å². The van der Waals surface area contributed by atoms with Crippen LogP contribution in [0.1, 0.15) is 25.8 Å². The van der Waals surface area contributed by atoms with E-state index in [9.17, 15) is 4.79 Å². The van der Waals surface area contributed by atoms with Crippen molar-refractivity contribution in [1.29, 1.82) is 0 Å². The lowest BCUT2D eigenvalue weighted by Gasteiger charge is -2.05. The number of hydrogen-bond acceptors (Lipinski definition) is 1. The second kappa shape index (κ2) is 5.76. The van der Waals surface area contributed by atoms with E-state index < -0.39 is 0 Å². The standard InChI is InChI=1S/C12H16ClNO/c1-9(13)3-4-11-5-7-12(8-6-11)14-10(2)15/h5-9H,3-4H2,1-2H3,(H,14,15). The maximum Gasteiger partial charge on any atom is 0.221 e. The number of hydrogen-bond donors (Lipinski definition) is 1. The van der Waals surface area contributed by atoms with Crippen molar-refractivity contribution in [3.05, 3.63) is 29.8 Å². The van der Waals surface area contributed by atoms with Crippen LogP contribution in [0.15, 0.2) is 24.3 Å². The summed E-state index contributed by atoms with van der Waals surface area (Å²) >= 11 is 5.87. The van der Waals surface area contributed by atoms with Gasteiger partial charge in [0.15, 0.2) is 0 Å². The molecule has 1 N–H and O–H groups in total. The van der Waals surface area contributed by atoms with Gasteiger partial charge in [-0.2, -0.15) is 0 Å².